The van der Waals surface area contributed by atoms with E-state index in [-0.39, 0.29) is 17.4 Å². The Kier molecular flexibility index (Phi) is 3.35. The van der Waals surface area contributed by atoms with Gasteiger partial charge in [0.25, 0.3) is 0 Å². The monoisotopic (exact) mass is 284 g/mol. The van der Waals surface area contributed by atoms with Crippen molar-refractivity contribution in [3.8, 4) is 11.5 Å². The van der Waals surface area contributed by atoms with E-state index in [1.807, 2.05) is 6.07 Å². The Hall–Kier alpha value is -1.70. The molecule has 2 heteroatoms. The third kappa shape index (κ3) is 2.37. The van der Waals surface area contributed by atoms with Crippen LogP contribution in [0.25, 0.3) is 0 Å². The standard InChI is InChI=1S/C19H24O2/c1-5-6-13-10-16(20)18-14-9-12(2)7-8-15(14)19(3,4)21-17(18)11-13/h7-11,14-15,20H,5-6H2,1-4H3/t14-,15-/m1/s1. The van der Waals surface area contributed by atoms with E-state index < -0.39 is 0 Å². The van der Waals surface area contributed by atoms with Gasteiger partial charge in [0.15, 0.2) is 0 Å². The number of rotatable bonds is 2. The van der Waals surface area contributed by atoms with E-state index in [1.54, 1.807) is 0 Å². The minimum atomic E-state index is -0.261. The van der Waals surface area contributed by atoms with Gasteiger partial charge in [0.05, 0.1) is 0 Å². The second kappa shape index (κ2) is 4.94. The smallest absolute Gasteiger partial charge is 0.127 e. The molecule has 0 saturated heterocycles. The van der Waals surface area contributed by atoms with Gasteiger partial charge in [-0.3, -0.25) is 0 Å². The number of aryl methyl sites for hydroxylation is 1. The summed E-state index contributed by atoms with van der Waals surface area (Å²) in [5, 5.41) is 10.5. The van der Waals surface area contributed by atoms with Crippen LogP contribution < -0.4 is 4.74 Å². The van der Waals surface area contributed by atoms with Gasteiger partial charge < -0.3 is 9.84 Å². The van der Waals surface area contributed by atoms with Crippen molar-refractivity contribution in [2.45, 2.75) is 52.1 Å². The van der Waals surface area contributed by atoms with Crippen molar-refractivity contribution in [1.29, 1.82) is 0 Å². The van der Waals surface area contributed by atoms with E-state index in [2.05, 4.69) is 52.0 Å². The van der Waals surface area contributed by atoms with Gasteiger partial charge in [0, 0.05) is 17.4 Å². The summed E-state index contributed by atoms with van der Waals surface area (Å²) in [4.78, 5) is 0. The van der Waals surface area contributed by atoms with Crippen LogP contribution >= 0.6 is 0 Å². The zero-order valence-corrected chi connectivity index (χ0v) is 13.3. The van der Waals surface area contributed by atoms with E-state index >= 15 is 0 Å². The highest BCUT2D eigenvalue weighted by atomic mass is 16.5. The maximum absolute atomic E-state index is 10.5. The van der Waals surface area contributed by atoms with Gasteiger partial charge in [-0.05, 0) is 44.9 Å². The summed E-state index contributed by atoms with van der Waals surface area (Å²) < 4.78 is 6.25. The van der Waals surface area contributed by atoms with Crippen LogP contribution in [0.2, 0.25) is 0 Å². The molecule has 1 aromatic carbocycles. The van der Waals surface area contributed by atoms with Gasteiger partial charge in [-0.25, -0.2) is 0 Å². The normalized spacial score (nSPS) is 25.6. The Bertz CT molecular complexity index is 623. The second-order valence-corrected chi connectivity index (χ2v) is 6.80. The first kappa shape index (κ1) is 14.2. The van der Waals surface area contributed by atoms with Gasteiger partial charge in [-0.15, -0.1) is 0 Å². The summed E-state index contributed by atoms with van der Waals surface area (Å²) in [6.45, 7) is 8.53. The number of ether oxygens (including phenoxy) is 1. The highest BCUT2D eigenvalue weighted by Gasteiger charge is 2.43. The minimum absolute atomic E-state index is 0.199. The highest BCUT2D eigenvalue weighted by Crippen LogP contribution is 2.51. The number of fused-ring (bicyclic) bond motifs is 3. The summed E-state index contributed by atoms with van der Waals surface area (Å²) >= 11 is 0. The molecule has 1 heterocycles. The lowest BCUT2D eigenvalue weighted by Gasteiger charge is -2.44. The molecule has 1 aliphatic carbocycles. The van der Waals surface area contributed by atoms with Gasteiger partial charge in [0.1, 0.15) is 17.1 Å². The Balaban J connectivity index is 2.14. The topological polar surface area (TPSA) is 29.5 Å². The molecule has 0 amide bonds. The molecule has 112 valence electrons. The fourth-order valence-electron chi connectivity index (χ4n) is 3.62. The van der Waals surface area contributed by atoms with Crippen molar-refractivity contribution in [2.24, 2.45) is 5.92 Å². The average Bonchev–Trinajstić information content (AvgIpc) is 2.37. The van der Waals surface area contributed by atoms with E-state index in [1.165, 1.54) is 5.57 Å². The summed E-state index contributed by atoms with van der Waals surface area (Å²) in [6, 6.07) is 4.01. The van der Waals surface area contributed by atoms with Crippen LogP contribution in [0.5, 0.6) is 11.5 Å². The molecule has 3 rings (SSSR count). The number of aromatic hydroxyl groups is 1. The van der Waals surface area contributed by atoms with Crippen molar-refractivity contribution in [2.75, 3.05) is 0 Å². The predicted octanol–water partition coefficient (Wildman–Crippen LogP) is 4.73. The first-order valence-corrected chi connectivity index (χ1v) is 7.84. The number of allylic oxidation sites excluding steroid dienone is 3. The molecule has 0 bridgehead atoms. The van der Waals surface area contributed by atoms with Crippen LogP contribution in [0.15, 0.2) is 35.9 Å². The molecule has 0 spiro atoms. The van der Waals surface area contributed by atoms with E-state index in [9.17, 15) is 5.11 Å². The van der Waals surface area contributed by atoms with Crippen molar-refractivity contribution in [1.82, 2.24) is 0 Å². The van der Waals surface area contributed by atoms with Crippen LogP contribution in [-0.4, -0.2) is 10.7 Å². The number of phenolic OH excluding ortho intramolecular Hbond substituents is 1. The van der Waals surface area contributed by atoms with E-state index in [4.69, 9.17) is 4.74 Å². The molecular formula is C19H24O2. The molecule has 0 fully saturated rings. The molecule has 1 N–H and O–H groups in total. The number of phenols is 1. The summed E-state index contributed by atoms with van der Waals surface area (Å²) in [7, 11) is 0. The van der Waals surface area contributed by atoms with Crippen LogP contribution in [0, 0.1) is 5.92 Å². The van der Waals surface area contributed by atoms with Gasteiger partial charge in [-0.2, -0.15) is 0 Å². The van der Waals surface area contributed by atoms with Crippen molar-refractivity contribution >= 4 is 0 Å². The lowest BCUT2D eigenvalue weighted by atomic mass is 9.71. The van der Waals surface area contributed by atoms with Crippen molar-refractivity contribution < 1.29 is 9.84 Å². The third-order valence-corrected chi connectivity index (χ3v) is 4.62. The largest absolute Gasteiger partial charge is 0.507 e. The van der Waals surface area contributed by atoms with Crippen LogP contribution in [-0.2, 0) is 6.42 Å². The quantitative estimate of drug-likeness (QED) is 0.850. The molecule has 21 heavy (non-hydrogen) atoms. The Morgan fingerprint density at radius 2 is 2.05 bits per heavy atom. The molecule has 0 saturated carbocycles. The van der Waals surface area contributed by atoms with Gasteiger partial charge in [-0.1, -0.05) is 37.1 Å². The predicted molar refractivity (Wildman–Crippen MR) is 85.9 cm³/mol. The molecule has 2 atom stereocenters. The zero-order chi connectivity index (χ0) is 15.2. The lowest BCUT2D eigenvalue weighted by Crippen LogP contribution is -2.43. The molecule has 0 unspecified atom stereocenters. The Morgan fingerprint density at radius 3 is 2.76 bits per heavy atom. The highest BCUT2D eigenvalue weighted by molar-refractivity contribution is 5.55. The maximum atomic E-state index is 10.5. The maximum Gasteiger partial charge on any atom is 0.127 e. The van der Waals surface area contributed by atoms with Crippen molar-refractivity contribution in [3.63, 3.8) is 0 Å². The van der Waals surface area contributed by atoms with E-state index in [0.717, 1.165) is 29.7 Å². The molecule has 1 aromatic rings. The number of benzene rings is 1. The van der Waals surface area contributed by atoms with Gasteiger partial charge >= 0.3 is 0 Å². The first-order valence-electron chi connectivity index (χ1n) is 7.84. The number of hydrogen-bond donors (Lipinski definition) is 1. The summed E-state index contributed by atoms with van der Waals surface area (Å²) in [6.07, 6.45) is 8.66. The zero-order valence-electron chi connectivity index (χ0n) is 13.3. The Labute approximate surface area is 127 Å². The molecule has 0 aromatic heterocycles. The lowest BCUT2D eigenvalue weighted by molar-refractivity contribution is 0.0386. The first-order chi connectivity index (χ1) is 9.92. The fraction of sp³-hybridized carbons (Fsp3) is 0.474. The number of hydrogen-bond acceptors (Lipinski definition) is 2. The van der Waals surface area contributed by atoms with Gasteiger partial charge in [0.2, 0.25) is 0 Å². The Morgan fingerprint density at radius 1 is 1.29 bits per heavy atom. The minimum Gasteiger partial charge on any atom is -0.507 e. The van der Waals surface area contributed by atoms with Crippen molar-refractivity contribution in [3.05, 3.63) is 47.1 Å². The van der Waals surface area contributed by atoms with Crippen LogP contribution in [0.3, 0.4) is 0 Å². The molecular weight excluding hydrogens is 260 g/mol. The molecule has 1 aliphatic heterocycles. The summed E-state index contributed by atoms with van der Waals surface area (Å²) in [5.74, 6) is 1.69. The average molecular weight is 284 g/mol. The fourth-order valence-corrected chi connectivity index (χ4v) is 3.62. The molecule has 0 radical (unpaired) electrons. The summed E-state index contributed by atoms with van der Waals surface area (Å²) in [5.41, 5.74) is 3.08. The third-order valence-electron chi connectivity index (χ3n) is 4.62. The molecule has 2 nitrogen and oxygen atoms in total. The second-order valence-electron chi connectivity index (χ2n) is 6.80. The molecule has 2 aliphatic rings. The van der Waals surface area contributed by atoms with Crippen LogP contribution in [0.4, 0.5) is 0 Å². The van der Waals surface area contributed by atoms with Crippen LogP contribution in [0.1, 0.15) is 51.2 Å². The SMILES string of the molecule is CCCc1cc(O)c2c(c1)OC(C)(C)[C@@H]1C=CC(C)=C[C@@H]21. The van der Waals surface area contributed by atoms with E-state index in [0.29, 0.717) is 5.75 Å².